The summed E-state index contributed by atoms with van der Waals surface area (Å²) in [7, 11) is 0. The molecule has 3 atom stereocenters. The molecular weight excluding hydrogens is 224 g/mol. The van der Waals surface area contributed by atoms with Gasteiger partial charge in [-0.25, -0.2) is 0 Å². The Kier molecular flexibility index (Phi) is 5.93. The molecule has 3 nitrogen and oxygen atoms in total. The minimum Gasteiger partial charge on any atom is -0.379 e. The number of hydrogen-bond donors (Lipinski definition) is 1. The molecule has 1 aliphatic carbocycles. The summed E-state index contributed by atoms with van der Waals surface area (Å²) in [5.41, 5.74) is 0. The van der Waals surface area contributed by atoms with Gasteiger partial charge in [0.2, 0.25) is 0 Å². The highest BCUT2D eigenvalue weighted by Crippen LogP contribution is 2.25. The van der Waals surface area contributed by atoms with E-state index in [-0.39, 0.29) is 0 Å². The van der Waals surface area contributed by atoms with Crippen LogP contribution in [0.4, 0.5) is 0 Å². The van der Waals surface area contributed by atoms with Crippen molar-refractivity contribution in [3.63, 3.8) is 0 Å². The first-order valence-electron chi connectivity index (χ1n) is 7.89. The third-order valence-corrected chi connectivity index (χ3v) is 4.48. The minimum atomic E-state index is 0.591. The van der Waals surface area contributed by atoms with Gasteiger partial charge in [-0.2, -0.15) is 0 Å². The van der Waals surface area contributed by atoms with E-state index >= 15 is 0 Å². The lowest BCUT2D eigenvalue weighted by molar-refractivity contribution is -0.0311. The average Bonchev–Trinajstić information content (AvgIpc) is 2.62. The van der Waals surface area contributed by atoms with Crippen LogP contribution < -0.4 is 5.32 Å². The summed E-state index contributed by atoms with van der Waals surface area (Å²) in [5.74, 6) is 0. The van der Waals surface area contributed by atoms with Crippen molar-refractivity contribution < 1.29 is 4.74 Å². The number of morpholine rings is 1. The lowest BCUT2D eigenvalue weighted by Gasteiger charge is -2.42. The van der Waals surface area contributed by atoms with Crippen LogP contribution in [0, 0.1) is 0 Å². The van der Waals surface area contributed by atoms with E-state index in [1.807, 2.05) is 0 Å². The van der Waals surface area contributed by atoms with Gasteiger partial charge in [-0.3, -0.25) is 4.90 Å². The second-order valence-electron chi connectivity index (χ2n) is 5.93. The average molecular weight is 254 g/mol. The lowest BCUT2D eigenvalue weighted by atomic mass is 9.99. The molecule has 3 unspecified atom stereocenters. The fourth-order valence-corrected chi connectivity index (χ4v) is 3.49. The predicted octanol–water partition coefficient (Wildman–Crippen LogP) is 2.41. The topological polar surface area (TPSA) is 24.5 Å². The van der Waals surface area contributed by atoms with Crippen LogP contribution in [-0.4, -0.2) is 49.3 Å². The van der Waals surface area contributed by atoms with Gasteiger partial charge in [0, 0.05) is 24.7 Å². The van der Waals surface area contributed by atoms with E-state index in [1.165, 1.54) is 45.1 Å². The predicted molar refractivity (Wildman–Crippen MR) is 75.9 cm³/mol. The Morgan fingerprint density at radius 2 is 2.06 bits per heavy atom. The van der Waals surface area contributed by atoms with Crippen LogP contribution in [0.5, 0.6) is 0 Å². The molecule has 0 radical (unpaired) electrons. The van der Waals surface area contributed by atoms with Gasteiger partial charge in [-0.1, -0.05) is 26.2 Å². The van der Waals surface area contributed by atoms with Crippen LogP contribution in [0.15, 0.2) is 0 Å². The molecule has 1 heterocycles. The largest absolute Gasteiger partial charge is 0.379 e. The van der Waals surface area contributed by atoms with Crippen LogP contribution in [0.3, 0.4) is 0 Å². The summed E-state index contributed by atoms with van der Waals surface area (Å²) in [5, 5.41) is 3.80. The van der Waals surface area contributed by atoms with Crippen molar-refractivity contribution in [3.8, 4) is 0 Å². The molecule has 1 aliphatic heterocycles. The summed E-state index contributed by atoms with van der Waals surface area (Å²) in [4.78, 5) is 2.71. The van der Waals surface area contributed by atoms with E-state index in [2.05, 4.69) is 24.1 Å². The van der Waals surface area contributed by atoms with Crippen molar-refractivity contribution in [2.75, 3.05) is 26.3 Å². The summed E-state index contributed by atoms with van der Waals surface area (Å²) >= 11 is 0. The van der Waals surface area contributed by atoms with Gasteiger partial charge in [0.25, 0.3) is 0 Å². The van der Waals surface area contributed by atoms with E-state index in [0.717, 1.165) is 25.8 Å². The molecule has 0 aromatic heterocycles. The fraction of sp³-hybridized carbons (Fsp3) is 1.00. The van der Waals surface area contributed by atoms with Crippen molar-refractivity contribution in [3.05, 3.63) is 0 Å². The Morgan fingerprint density at radius 3 is 2.83 bits per heavy atom. The Labute approximate surface area is 112 Å². The van der Waals surface area contributed by atoms with E-state index in [0.29, 0.717) is 12.1 Å². The first kappa shape index (κ1) is 14.3. The molecule has 0 bridgehead atoms. The third kappa shape index (κ3) is 3.69. The second kappa shape index (κ2) is 7.46. The molecule has 1 N–H and O–H groups in total. The standard InChI is InChI=1S/C15H30N2O/c1-3-9-16-14-7-5-4-6-8-15(14)17-10-11-18-12-13(17)2/h13-16H,3-12H2,1-2H3. The summed E-state index contributed by atoms with van der Waals surface area (Å²) in [6, 6.07) is 2.03. The quantitative estimate of drug-likeness (QED) is 0.780. The molecule has 2 rings (SSSR count). The van der Waals surface area contributed by atoms with E-state index in [1.54, 1.807) is 0 Å². The Balaban J connectivity index is 1.99. The molecule has 18 heavy (non-hydrogen) atoms. The molecule has 2 aliphatic rings. The monoisotopic (exact) mass is 254 g/mol. The van der Waals surface area contributed by atoms with E-state index < -0.39 is 0 Å². The zero-order valence-corrected chi connectivity index (χ0v) is 12.2. The molecule has 0 aromatic carbocycles. The van der Waals surface area contributed by atoms with Gasteiger partial charge in [0.15, 0.2) is 0 Å². The molecule has 106 valence electrons. The van der Waals surface area contributed by atoms with Crippen molar-refractivity contribution >= 4 is 0 Å². The van der Waals surface area contributed by atoms with Crippen LogP contribution in [0.25, 0.3) is 0 Å². The molecule has 0 amide bonds. The fourth-order valence-electron chi connectivity index (χ4n) is 3.49. The lowest BCUT2D eigenvalue weighted by Crippen LogP contribution is -2.56. The van der Waals surface area contributed by atoms with Crippen LogP contribution >= 0.6 is 0 Å². The smallest absolute Gasteiger partial charge is 0.0619 e. The van der Waals surface area contributed by atoms with Crippen molar-refractivity contribution in [1.82, 2.24) is 10.2 Å². The zero-order valence-electron chi connectivity index (χ0n) is 12.2. The third-order valence-electron chi connectivity index (χ3n) is 4.48. The maximum atomic E-state index is 5.59. The molecule has 0 aromatic rings. The van der Waals surface area contributed by atoms with Gasteiger partial charge in [0.05, 0.1) is 13.2 Å². The highest BCUT2D eigenvalue weighted by atomic mass is 16.5. The Hall–Kier alpha value is -0.120. The van der Waals surface area contributed by atoms with Crippen molar-refractivity contribution in [2.24, 2.45) is 0 Å². The van der Waals surface area contributed by atoms with Crippen LogP contribution in [0.1, 0.15) is 52.4 Å². The first-order valence-corrected chi connectivity index (χ1v) is 7.89. The molecule has 2 fully saturated rings. The van der Waals surface area contributed by atoms with E-state index in [4.69, 9.17) is 4.74 Å². The maximum absolute atomic E-state index is 5.59. The van der Waals surface area contributed by atoms with Gasteiger partial charge < -0.3 is 10.1 Å². The maximum Gasteiger partial charge on any atom is 0.0619 e. The molecule has 3 heteroatoms. The van der Waals surface area contributed by atoms with Gasteiger partial charge >= 0.3 is 0 Å². The number of hydrogen-bond acceptors (Lipinski definition) is 3. The van der Waals surface area contributed by atoms with Crippen molar-refractivity contribution in [2.45, 2.75) is 70.5 Å². The summed E-state index contributed by atoms with van der Waals surface area (Å²) in [6.45, 7) is 8.70. The van der Waals surface area contributed by atoms with E-state index in [9.17, 15) is 0 Å². The highest BCUT2D eigenvalue weighted by molar-refractivity contribution is 4.90. The Morgan fingerprint density at radius 1 is 1.22 bits per heavy atom. The molecular formula is C15H30N2O. The number of nitrogens with one attached hydrogen (secondary N) is 1. The number of rotatable bonds is 4. The zero-order chi connectivity index (χ0) is 12.8. The normalized spacial score (nSPS) is 35.3. The first-order chi connectivity index (χ1) is 8.83. The Bertz CT molecular complexity index is 235. The van der Waals surface area contributed by atoms with Gasteiger partial charge in [0.1, 0.15) is 0 Å². The molecule has 1 saturated heterocycles. The van der Waals surface area contributed by atoms with Gasteiger partial charge in [-0.05, 0) is 32.7 Å². The van der Waals surface area contributed by atoms with Crippen LogP contribution in [0.2, 0.25) is 0 Å². The molecule has 0 spiro atoms. The minimum absolute atomic E-state index is 0.591. The summed E-state index contributed by atoms with van der Waals surface area (Å²) < 4.78 is 5.59. The molecule has 1 saturated carbocycles. The van der Waals surface area contributed by atoms with Gasteiger partial charge in [-0.15, -0.1) is 0 Å². The number of nitrogens with zero attached hydrogens (tertiary/aromatic N) is 1. The highest BCUT2D eigenvalue weighted by Gasteiger charge is 2.32. The SMILES string of the molecule is CCCNC1CCCCCC1N1CCOCC1C. The number of ether oxygens (including phenoxy) is 1. The second-order valence-corrected chi connectivity index (χ2v) is 5.93. The van der Waals surface area contributed by atoms with Crippen LogP contribution in [-0.2, 0) is 4.74 Å². The summed E-state index contributed by atoms with van der Waals surface area (Å²) in [6.07, 6.45) is 8.18. The van der Waals surface area contributed by atoms with Crippen molar-refractivity contribution in [1.29, 1.82) is 0 Å².